The van der Waals surface area contributed by atoms with Crippen molar-refractivity contribution in [3.8, 4) is 0 Å². The van der Waals surface area contributed by atoms with E-state index in [1.807, 2.05) is 16.9 Å². The lowest BCUT2D eigenvalue weighted by Gasteiger charge is -2.26. The van der Waals surface area contributed by atoms with E-state index < -0.39 is 0 Å². The molecule has 0 aromatic carbocycles. The molecule has 0 bridgehead atoms. The van der Waals surface area contributed by atoms with Crippen LogP contribution in [-0.2, 0) is 6.54 Å². The molecule has 2 atom stereocenters. The quantitative estimate of drug-likeness (QED) is 0.574. The highest BCUT2D eigenvalue weighted by Crippen LogP contribution is 2.26. The van der Waals surface area contributed by atoms with Gasteiger partial charge in [0.25, 0.3) is 0 Å². The van der Waals surface area contributed by atoms with Gasteiger partial charge in [0.15, 0.2) is 0 Å². The molecule has 1 aromatic heterocycles. The summed E-state index contributed by atoms with van der Waals surface area (Å²) < 4.78 is 1.99. The molecule has 1 heterocycles. The maximum absolute atomic E-state index is 5.64. The molecule has 86 valence electrons. The van der Waals surface area contributed by atoms with Crippen LogP contribution in [0.25, 0.3) is 0 Å². The maximum atomic E-state index is 5.64. The van der Waals surface area contributed by atoms with Crippen LogP contribution in [-0.4, -0.2) is 9.78 Å². The Balaban J connectivity index is 2.91. The van der Waals surface area contributed by atoms with Gasteiger partial charge < -0.3 is 0 Å². The first kappa shape index (κ1) is 12.2. The van der Waals surface area contributed by atoms with Crippen molar-refractivity contribution in [1.82, 2.24) is 15.2 Å². The van der Waals surface area contributed by atoms with E-state index in [-0.39, 0.29) is 6.04 Å². The second kappa shape index (κ2) is 5.28. The predicted molar refractivity (Wildman–Crippen MR) is 62.0 cm³/mol. The lowest BCUT2D eigenvalue weighted by molar-refractivity contribution is 0.292. The normalized spacial score (nSPS) is 15.6. The Morgan fingerprint density at radius 2 is 2.13 bits per heavy atom. The third-order valence-electron chi connectivity index (χ3n) is 3.12. The van der Waals surface area contributed by atoms with E-state index in [1.54, 1.807) is 0 Å². The summed E-state index contributed by atoms with van der Waals surface area (Å²) in [5.41, 5.74) is 4.07. The van der Waals surface area contributed by atoms with E-state index in [4.69, 9.17) is 5.84 Å². The Hall–Kier alpha value is -0.870. The second-order valence-electron chi connectivity index (χ2n) is 4.32. The van der Waals surface area contributed by atoms with Gasteiger partial charge in [0.2, 0.25) is 0 Å². The van der Waals surface area contributed by atoms with Crippen LogP contribution < -0.4 is 11.3 Å². The Morgan fingerprint density at radius 3 is 2.60 bits per heavy atom. The van der Waals surface area contributed by atoms with Crippen LogP contribution in [0.15, 0.2) is 12.3 Å². The molecule has 0 saturated heterocycles. The zero-order valence-electron chi connectivity index (χ0n) is 10.1. The van der Waals surface area contributed by atoms with Gasteiger partial charge in [0.05, 0.1) is 11.7 Å². The molecular weight excluding hydrogens is 188 g/mol. The van der Waals surface area contributed by atoms with Gasteiger partial charge in [-0.1, -0.05) is 20.8 Å². The summed E-state index contributed by atoms with van der Waals surface area (Å²) in [4.78, 5) is 0. The van der Waals surface area contributed by atoms with E-state index in [1.165, 1.54) is 5.69 Å². The Morgan fingerprint density at radius 1 is 1.47 bits per heavy atom. The van der Waals surface area contributed by atoms with Crippen molar-refractivity contribution in [1.29, 1.82) is 0 Å². The topological polar surface area (TPSA) is 55.9 Å². The van der Waals surface area contributed by atoms with Crippen molar-refractivity contribution in [2.45, 2.75) is 40.3 Å². The Labute approximate surface area is 91.8 Å². The lowest BCUT2D eigenvalue weighted by atomic mass is 9.89. The zero-order chi connectivity index (χ0) is 11.4. The number of rotatable bonds is 5. The number of aromatic nitrogens is 2. The molecule has 15 heavy (non-hydrogen) atoms. The minimum absolute atomic E-state index is 0.174. The summed E-state index contributed by atoms with van der Waals surface area (Å²) >= 11 is 0. The van der Waals surface area contributed by atoms with Crippen LogP contribution in [0.2, 0.25) is 0 Å². The number of hydrazine groups is 1. The molecule has 4 heteroatoms. The van der Waals surface area contributed by atoms with Crippen molar-refractivity contribution >= 4 is 0 Å². The van der Waals surface area contributed by atoms with E-state index in [0.717, 1.165) is 6.54 Å². The van der Waals surface area contributed by atoms with Gasteiger partial charge in [0, 0.05) is 12.7 Å². The van der Waals surface area contributed by atoms with E-state index in [0.29, 0.717) is 11.8 Å². The molecule has 0 fully saturated rings. The predicted octanol–water partition coefficient (Wildman–Crippen LogP) is 1.70. The average Bonchev–Trinajstić information content (AvgIpc) is 2.66. The van der Waals surface area contributed by atoms with Gasteiger partial charge in [-0.05, 0) is 24.8 Å². The zero-order valence-corrected chi connectivity index (χ0v) is 10.1. The Kier molecular flexibility index (Phi) is 4.29. The van der Waals surface area contributed by atoms with Crippen LogP contribution in [0.4, 0.5) is 0 Å². The second-order valence-corrected chi connectivity index (χ2v) is 4.32. The molecule has 0 aliphatic heterocycles. The average molecular weight is 210 g/mol. The molecular formula is C11H22N4. The summed E-state index contributed by atoms with van der Waals surface area (Å²) in [5.74, 6) is 6.71. The number of hydrogen-bond acceptors (Lipinski definition) is 3. The SMILES string of the molecule is CCn1nccc1C(NN)C(C)C(C)C. The largest absolute Gasteiger partial charge is 0.271 e. The first-order chi connectivity index (χ1) is 7.11. The monoisotopic (exact) mass is 210 g/mol. The van der Waals surface area contributed by atoms with Crippen LogP contribution in [0.1, 0.15) is 39.4 Å². The molecule has 0 aliphatic rings. The third kappa shape index (κ3) is 2.58. The van der Waals surface area contributed by atoms with Gasteiger partial charge in [-0.2, -0.15) is 5.10 Å². The minimum Gasteiger partial charge on any atom is -0.271 e. The highest BCUT2D eigenvalue weighted by molar-refractivity contribution is 5.08. The van der Waals surface area contributed by atoms with Gasteiger partial charge >= 0.3 is 0 Å². The molecule has 3 N–H and O–H groups in total. The summed E-state index contributed by atoms with van der Waals surface area (Å²) in [6, 6.07) is 2.21. The van der Waals surface area contributed by atoms with E-state index in [9.17, 15) is 0 Å². The smallest absolute Gasteiger partial charge is 0.0656 e. The molecule has 0 spiro atoms. The first-order valence-corrected chi connectivity index (χ1v) is 5.59. The Bertz CT molecular complexity index is 293. The van der Waals surface area contributed by atoms with Crippen LogP contribution in [0, 0.1) is 11.8 Å². The highest BCUT2D eigenvalue weighted by atomic mass is 15.3. The molecule has 4 nitrogen and oxygen atoms in total. The van der Waals surface area contributed by atoms with E-state index in [2.05, 4.69) is 38.2 Å². The van der Waals surface area contributed by atoms with Crippen LogP contribution in [0.3, 0.4) is 0 Å². The summed E-state index contributed by atoms with van der Waals surface area (Å²) in [5, 5.41) is 4.27. The molecule has 1 aromatic rings. The van der Waals surface area contributed by atoms with Gasteiger partial charge in [0.1, 0.15) is 0 Å². The summed E-state index contributed by atoms with van der Waals surface area (Å²) in [7, 11) is 0. The maximum Gasteiger partial charge on any atom is 0.0656 e. The van der Waals surface area contributed by atoms with Crippen molar-refractivity contribution in [3.05, 3.63) is 18.0 Å². The highest BCUT2D eigenvalue weighted by Gasteiger charge is 2.23. The van der Waals surface area contributed by atoms with Crippen molar-refractivity contribution in [2.75, 3.05) is 0 Å². The molecule has 0 amide bonds. The van der Waals surface area contributed by atoms with Crippen molar-refractivity contribution in [2.24, 2.45) is 17.7 Å². The number of hydrogen-bond donors (Lipinski definition) is 2. The minimum atomic E-state index is 0.174. The molecule has 0 aliphatic carbocycles. The molecule has 1 rings (SSSR count). The van der Waals surface area contributed by atoms with Crippen molar-refractivity contribution in [3.63, 3.8) is 0 Å². The van der Waals surface area contributed by atoms with E-state index >= 15 is 0 Å². The third-order valence-corrected chi connectivity index (χ3v) is 3.12. The van der Waals surface area contributed by atoms with Gasteiger partial charge in [-0.15, -0.1) is 0 Å². The number of aryl methyl sites for hydroxylation is 1. The fourth-order valence-electron chi connectivity index (χ4n) is 1.76. The first-order valence-electron chi connectivity index (χ1n) is 5.59. The summed E-state index contributed by atoms with van der Waals surface area (Å²) in [6.45, 7) is 9.60. The summed E-state index contributed by atoms with van der Waals surface area (Å²) in [6.07, 6.45) is 1.83. The molecule has 0 radical (unpaired) electrons. The fraction of sp³-hybridized carbons (Fsp3) is 0.727. The number of nitrogens with one attached hydrogen (secondary N) is 1. The fourth-order valence-corrected chi connectivity index (χ4v) is 1.76. The number of nitrogens with zero attached hydrogens (tertiary/aromatic N) is 2. The molecule has 2 unspecified atom stereocenters. The van der Waals surface area contributed by atoms with Crippen LogP contribution >= 0.6 is 0 Å². The van der Waals surface area contributed by atoms with Gasteiger partial charge in [-0.25, -0.2) is 0 Å². The van der Waals surface area contributed by atoms with Crippen molar-refractivity contribution < 1.29 is 0 Å². The van der Waals surface area contributed by atoms with Gasteiger partial charge in [-0.3, -0.25) is 16.0 Å². The standard InChI is InChI=1S/C11H22N4/c1-5-15-10(6-7-13-15)11(14-12)9(4)8(2)3/h6-9,11,14H,5,12H2,1-4H3. The molecule has 0 saturated carbocycles. The lowest BCUT2D eigenvalue weighted by Crippen LogP contribution is -2.36. The van der Waals surface area contributed by atoms with Crippen LogP contribution in [0.5, 0.6) is 0 Å². The number of nitrogens with two attached hydrogens (primary N) is 1.